The summed E-state index contributed by atoms with van der Waals surface area (Å²) in [5.41, 5.74) is 2.32. The highest BCUT2D eigenvalue weighted by Crippen LogP contribution is 2.33. The number of nitrogens with zero attached hydrogens (tertiary/aromatic N) is 1. The number of thiazole rings is 1. The molecule has 0 saturated carbocycles. The van der Waals surface area contributed by atoms with Crippen LogP contribution in [0.5, 0.6) is 17.2 Å². The molecule has 0 bridgehead atoms. The van der Waals surface area contributed by atoms with Crippen molar-refractivity contribution in [3.8, 4) is 28.5 Å². The number of aromatic nitrogens is 1. The molecule has 0 spiro atoms. The molecule has 4 aromatic rings. The minimum Gasteiger partial charge on any atom is -0.493 e. The molecule has 2 aromatic carbocycles. The number of ether oxygens (including phenoxy) is 3. The van der Waals surface area contributed by atoms with E-state index in [-0.39, 0.29) is 5.91 Å². The van der Waals surface area contributed by atoms with E-state index in [2.05, 4.69) is 10.3 Å². The number of carbonyl (C=O) groups excluding carboxylic acids is 1. The number of benzene rings is 2. The van der Waals surface area contributed by atoms with Gasteiger partial charge in [0.15, 0.2) is 22.7 Å². The first kappa shape index (κ1) is 22.3. The van der Waals surface area contributed by atoms with E-state index in [1.165, 1.54) is 17.4 Å². The predicted octanol–water partition coefficient (Wildman–Crippen LogP) is 4.65. The van der Waals surface area contributed by atoms with Crippen molar-refractivity contribution < 1.29 is 23.4 Å². The normalized spacial score (nSPS) is 11.8. The summed E-state index contributed by atoms with van der Waals surface area (Å²) in [6, 6.07) is 12.1. The minimum absolute atomic E-state index is 0.353. The molecule has 0 aliphatic rings. The average molecular weight is 467 g/mol. The summed E-state index contributed by atoms with van der Waals surface area (Å²) in [6.07, 6.45) is -0.799. The monoisotopic (exact) mass is 466 g/mol. The summed E-state index contributed by atoms with van der Waals surface area (Å²) in [6.45, 7) is 3.47. The van der Waals surface area contributed by atoms with Gasteiger partial charge in [-0.3, -0.25) is 10.1 Å². The molecule has 4 rings (SSSR count). The van der Waals surface area contributed by atoms with E-state index in [1.54, 1.807) is 45.4 Å². The third kappa shape index (κ3) is 4.83. The van der Waals surface area contributed by atoms with Crippen LogP contribution in [0, 0.1) is 6.92 Å². The lowest BCUT2D eigenvalue weighted by Gasteiger charge is -2.14. The fraction of sp³-hybridized carbons (Fsp3) is 0.208. The quantitative estimate of drug-likeness (QED) is 0.396. The van der Waals surface area contributed by atoms with E-state index in [0.29, 0.717) is 33.7 Å². The zero-order valence-electron chi connectivity index (χ0n) is 18.5. The average Bonchev–Trinajstić information content (AvgIpc) is 3.26. The second kappa shape index (κ2) is 9.33. The van der Waals surface area contributed by atoms with Crippen molar-refractivity contribution in [2.45, 2.75) is 20.0 Å². The van der Waals surface area contributed by atoms with Gasteiger partial charge >= 0.3 is 5.63 Å². The summed E-state index contributed by atoms with van der Waals surface area (Å²) in [5, 5.41) is 5.87. The van der Waals surface area contributed by atoms with Crippen LogP contribution < -0.4 is 25.2 Å². The topological polar surface area (TPSA) is 99.9 Å². The van der Waals surface area contributed by atoms with Crippen LogP contribution in [0.3, 0.4) is 0 Å². The zero-order valence-corrected chi connectivity index (χ0v) is 19.3. The molecule has 1 N–H and O–H groups in total. The van der Waals surface area contributed by atoms with Gasteiger partial charge in [-0.15, -0.1) is 11.3 Å². The number of hydrogen-bond acceptors (Lipinski definition) is 8. The maximum absolute atomic E-state index is 12.6. The summed E-state index contributed by atoms with van der Waals surface area (Å²) in [7, 11) is 3.15. The van der Waals surface area contributed by atoms with E-state index in [1.807, 2.05) is 24.4 Å². The van der Waals surface area contributed by atoms with Gasteiger partial charge in [-0.25, -0.2) is 9.78 Å². The number of rotatable bonds is 7. The molecule has 33 heavy (non-hydrogen) atoms. The van der Waals surface area contributed by atoms with Crippen LogP contribution in [0.4, 0.5) is 5.13 Å². The van der Waals surface area contributed by atoms with Gasteiger partial charge in [0, 0.05) is 28.5 Å². The molecule has 1 amide bonds. The second-order valence-electron chi connectivity index (χ2n) is 7.26. The van der Waals surface area contributed by atoms with Crippen LogP contribution >= 0.6 is 11.3 Å². The van der Waals surface area contributed by atoms with Crippen LogP contribution in [0.15, 0.2) is 57.1 Å². The van der Waals surface area contributed by atoms with Gasteiger partial charge in [0.25, 0.3) is 5.91 Å². The van der Waals surface area contributed by atoms with Crippen molar-refractivity contribution >= 4 is 33.3 Å². The molecule has 1 atom stereocenters. The van der Waals surface area contributed by atoms with Crippen molar-refractivity contribution in [2.24, 2.45) is 0 Å². The third-order valence-corrected chi connectivity index (χ3v) is 5.78. The van der Waals surface area contributed by atoms with Gasteiger partial charge in [-0.2, -0.15) is 0 Å². The molecule has 170 valence electrons. The van der Waals surface area contributed by atoms with Crippen LogP contribution in [-0.4, -0.2) is 31.2 Å². The van der Waals surface area contributed by atoms with Crippen molar-refractivity contribution in [3.05, 3.63) is 63.8 Å². The van der Waals surface area contributed by atoms with Crippen molar-refractivity contribution in [3.63, 3.8) is 0 Å². The van der Waals surface area contributed by atoms with Crippen LogP contribution in [0.2, 0.25) is 0 Å². The molecule has 1 unspecified atom stereocenters. The van der Waals surface area contributed by atoms with E-state index < -0.39 is 11.7 Å². The maximum atomic E-state index is 12.6. The van der Waals surface area contributed by atoms with E-state index in [4.69, 9.17) is 18.6 Å². The molecule has 9 heteroatoms. The number of hydrogen-bond donors (Lipinski definition) is 1. The first-order valence-electron chi connectivity index (χ1n) is 10.1. The van der Waals surface area contributed by atoms with E-state index >= 15 is 0 Å². The Bertz CT molecular complexity index is 1380. The largest absolute Gasteiger partial charge is 0.493 e. The van der Waals surface area contributed by atoms with Crippen LogP contribution in [-0.2, 0) is 4.79 Å². The number of nitrogens with one attached hydrogen (secondary N) is 1. The van der Waals surface area contributed by atoms with Gasteiger partial charge < -0.3 is 18.6 Å². The lowest BCUT2D eigenvalue weighted by Crippen LogP contribution is -2.30. The van der Waals surface area contributed by atoms with Gasteiger partial charge in [0.1, 0.15) is 11.3 Å². The number of methoxy groups -OCH3 is 2. The second-order valence-corrected chi connectivity index (χ2v) is 8.12. The molecule has 8 nitrogen and oxygen atoms in total. The molecule has 0 radical (unpaired) electrons. The van der Waals surface area contributed by atoms with E-state index in [0.717, 1.165) is 16.5 Å². The number of amides is 1. The predicted molar refractivity (Wildman–Crippen MR) is 127 cm³/mol. The lowest BCUT2D eigenvalue weighted by molar-refractivity contribution is -0.122. The molecule has 2 aromatic heterocycles. The third-order valence-electron chi connectivity index (χ3n) is 5.02. The molecular formula is C24H22N2O6S. The number of carbonyl (C=O) groups is 1. The van der Waals surface area contributed by atoms with Gasteiger partial charge in [-0.1, -0.05) is 0 Å². The lowest BCUT2D eigenvalue weighted by atomic mass is 10.1. The summed E-state index contributed by atoms with van der Waals surface area (Å²) >= 11 is 1.30. The summed E-state index contributed by atoms with van der Waals surface area (Å²) in [4.78, 5) is 28.8. The SMILES string of the molecule is COc1ccc(-c2csc(NC(=O)C(C)Oc3ccc4c(C)cc(=O)oc4c3)n2)cc1OC. The summed E-state index contributed by atoms with van der Waals surface area (Å²) < 4.78 is 21.6. The van der Waals surface area contributed by atoms with Crippen molar-refractivity contribution in [1.29, 1.82) is 0 Å². The van der Waals surface area contributed by atoms with Crippen molar-refractivity contribution in [2.75, 3.05) is 19.5 Å². The Morgan fingerprint density at radius 1 is 1.09 bits per heavy atom. The fourth-order valence-electron chi connectivity index (χ4n) is 3.30. The Morgan fingerprint density at radius 2 is 1.88 bits per heavy atom. The molecule has 2 heterocycles. The fourth-order valence-corrected chi connectivity index (χ4v) is 4.03. The maximum Gasteiger partial charge on any atom is 0.336 e. The number of aryl methyl sites for hydroxylation is 1. The molecule has 0 aliphatic heterocycles. The highest BCUT2D eigenvalue weighted by molar-refractivity contribution is 7.14. The van der Waals surface area contributed by atoms with E-state index in [9.17, 15) is 9.59 Å². The van der Waals surface area contributed by atoms with Gasteiger partial charge in [0.05, 0.1) is 19.9 Å². The van der Waals surface area contributed by atoms with Crippen molar-refractivity contribution in [1.82, 2.24) is 4.98 Å². The molecule has 0 saturated heterocycles. The first-order chi connectivity index (χ1) is 15.9. The summed E-state index contributed by atoms with van der Waals surface area (Å²) in [5.74, 6) is 1.29. The molecular weight excluding hydrogens is 444 g/mol. The standard InChI is InChI=1S/C24H22N2O6S/c1-13-9-22(27)32-20-11-16(6-7-17(13)20)31-14(2)23(28)26-24-25-18(12-33-24)15-5-8-19(29-3)21(10-15)30-4/h5-12,14H,1-4H3,(H,25,26,28). The highest BCUT2D eigenvalue weighted by Gasteiger charge is 2.18. The number of anilines is 1. The Morgan fingerprint density at radius 3 is 2.64 bits per heavy atom. The molecule has 0 fully saturated rings. The Hall–Kier alpha value is -3.85. The number of fused-ring (bicyclic) bond motifs is 1. The smallest absolute Gasteiger partial charge is 0.336 e. The zero-order chi connectivity index (χ0) is 23.5. The highest BCUT2D eigenvalue weighted by atomic mass is 32.1. The van der Waals surface area contributed by atoms with Crippen LogP contribution in [0.25, 0.3) is 22.2 Å². The Labute approximate surface area is 193 Å². The van der Waals surface area contributed by atoms with Gasteiger partial charge in [-0.05, 0) is 49.7 Å². The van der Waals surface area contributed by atoms with Crippen LogP contribution in [0.1, 0.15) is 12.5 Å². The Balaban J connectivity index is 1.45. The minimum atomic E-state index is -0.799. The van der Waals surface area contributed by atoms with Gasteiger partial charge in [0.2, 0.25) is 0 Å². The first-order valence-corrected chi connectivity index (χ1v) is 11.0. The molecule has 0 aliphatic carbocycles. The Kier molecular flexibility index (Phi) is 6.32.